The maximum atomic E-state index is 12.9. The average Bonchev–Trinajstić information content (AvgIpc) is 3.07. The fourth-order valence-corrected chi connectivity index (χ4v) is 5.75. The third-order valence-corrected chi connectivity index (χ3v) is 7.51. The van der Waals surface area contributed by atoms with Crippen LogP contribution in [0, 0.1) is 0 Å². The number of carbonyl (C=O) groups excluding carboxylic acids is 1. The SMILES string of the molecule is CN1CCc2cccc(OS(=O)(=O)c3cc4ccccc4s3)c2C1C(N)=O. The summed E-state index contributed by atoms with van der Waals surface area (Å²) in [6.45, 7) is 0.660. The number of nitrogens with two attached hydrogens (primary N) is 1. The minimum absolute atomic E-state index is 0.126. The summed E-state index contributed by atoms with van der Waals surface area (Å²) in [5.41, 5.74) is 6.99. The van der Waals surface area contributed by atoms with E-state index in [1.165, 1.54) is 0 Å². The highest BCUT2D eigenvalue weighted by molar-refractivity contribution is 7.89. The lowest BCUT2D eigenvalue weighted by Crippen LogP contribution is -2.40. The van der Waals surface area contributed by atoms with Crippen molar-refractivity contribution >= 4 is 37.4 Å². The smallest absolute Gasteiger partial charge is 0.348 e. The number of primary amides is 1. The van der Waals surface area contributed by atoms with Gasteiger partial charge in [-0.15, -0.1) is 11.3 Å². The van der Waals surface area contributed by atoms with Gasteiger partial charge in [0, 0.05) is 16.8 Å². The summed E-state index contributed by atoms with van der Waals surface area (Å²) >= 11 is 1.15. The molecule has 1 aliphatic rings. The van der Waals surface area contributed by atoms with Crippen molar-refractivity contribution in [3.8, 4) is 5.75 Å². The maximum absolute atomic E-state index is 12.9. The van der Waals surface area contributed by atoms with Gasteiger partial charge in [-0.05, 0) is 42.6 Å². The monoisotopic (exact) mass is 402 g/mol. The van der Waals surface area contributed by atoms with Gasteiger partial charge >= 0.3 is 10.1 Å². The average molecular weight is 402 g/mol. The molecule has 8 heteroatoms. The van der Waals surface area contributed by atoms with Crippen LogP contribution in [0.4, 0.5) is 0 Å². The van der Waals surface area contributed by atoms with E-state index >= 15 is 0 Å². The van der Waals surface area contributed by atoms with Crippen LogP contribution in [0.2, 0.25) is 0 Å². The molecule has 1 unspecified atom stereocenters. The molecule has 0 fully saturated rings. The third-order valence-electron chi connectivity index (χ3n) is 4.72. The number of thiophene rings is 1. The second kappa shape index (κ2) is 6.63. The van der Waals surface area contributed by atoms with Crippen LogP contribution in [-0.4, -0.2) is 32.8 Å². The van der Waals surface area contributed by atoms with Gasteiger partial charge in [0.25, 0.3) is 0 Å². The zero-order valence-electron chi connectivity index (χ0n) is 14.6. The number of fused-ring (bicyclic) bond motifs is 2. The summed E-state index contributed by atoms with van der Waals surface area (Å²) < 4.78 is 32.2. The van der Waals surface area contributed by atoms with Crippen molar-refractivity contribution in [1.82, 2.24) is 4.90 Å². The van der Waals surface area contributed by atoms with Crippen molar-refractivity contribution in [3.63, 3.8) is 0 Å². The molecule has 0 radical (unpaired) electrons. The number of carbonyl (C=O) groups is 1. The number of amides is 1. The number of hydrogen-bond donors (Lipinski definition) is 1. The fourth-order valence-electron chi connectivity index (χ4n) is 3.44. The number of likely N-dealkylation sites (N-methyl/N-ethyl adjacent to an activating group) is 1. The Morgan fingerprint density at radius 1 is 1.22 bits per heavy atom. The number of nitrogens with zero attached hydrogens (tertiary/aromatic N) is 1. The highest BCUT2D eigenvalue weighted by Crippen LogP contribution is 2.38. The molecule has 4 rings (SSSR count). The predicted octanol–water partition coefficient (Wildman–Crippen LogP) is 2.68. The maximum Gasteiger partial charge on any atom is 0.348 e. The summed E-state index contributed by atoms with van der Waals surface area (Å²) in [5.74, 6) is -0.380. The minimum Gasteiger partial charge on any atom is -0.378 e. The van der Waals surface area contributed by atoms with E-state index in [1.807, 2.05) is 35.2 Å². The van der Waals surface area contributed by atoms with Crippen LogP contribution in [0.5, 0.6) is 5.75 Å². The van der Waals surface area contributed by atoms with Crippen molar-refractivity contribution < 1.29 is 17.4 Å². The zero-order chi connectivity index (χ0) is 19.2. The van der Waals surface area contributed by atoms with Gasteiger partial charge in [-0.25, -0.2) is 0 Å². The van der Waals surface area contributed by atoms with Crippen LogP contribution in [0.3, 0.4) is 0 Å². The molecule has 0 bridgehead atoms. The molecule has 1 aromatic heterocycles. The van der Waals surface area contributed by atoms with Crippen LogP contribution in [0.1, 0.15) is 17.2 Å². The first-order valence-electron chi connectivity index (χ1n) is 8.41. The van der Waals surface area contributed by atoms with Gasteiger partial charge in [0.1, 0.15) is 11.8 Å². The first kappa shape index (κ1) is 18.0. The summed E-state index contributed by atoms with van der Waals surface area (Å²) in [5, 5.41) is 0.842. The second-order valence-corrected chi connectivity index (χ2v) is 9.36. The van der Waals surface area contributed by atoms with Gasteiger partial charge in [-0.3, -0.25) is 9.69 Å². The normalized spacial score (nSPS) is 17.6. The molecule has 6 nitrogen and oxygen atoms in total. The Labute approximate surface area is 161 Å². The van der Waals surface area contributed by atoms with E-state index in [-0.39, 0.29) is 9.96 Å². The van der Waals surface area contributed by atoms with Gasteiger partial charge in [0.15, 0.2) is 4.21 Å². The molecule has 3 aromatic rings. The molecule has 2 N–H and O–H groups in total. The molecule has 0 saturated carbocycles. The Kier molecular flexibility index (Phi) is 4.41. The largest absolute Gasteiger partial charge is 0.378 e. The Bertz CT molecular complexity index is 1100. The third kappa shape index (κ3) is 3.20. The van der Waals surface area contributed by atoms with E-state index in [4.69, 9.17) is 9.92 Å². The van der Waals surface area contributed by atoms with Crippen molar-refractivity contribution in [2.75, 3.05) is 13.6 Å². The van der Waals surface area contributed by atoms with E-state index in [1.54, 1.807) is 25.2 Å². The Morgan fingerprint density at radius 3 is 2.74 bits per heavy atom. The Hall–Kier alpha value is -2.42. The Morgan fingerprint density at radius 2 is 2.00 bits per heavy atom. The van der Waals surface area contributed by atoms with Gasteiger partial charge in [-0.1, -0.05) is 30.3 Å². The molecule has 0 spiro atoms. The standard InChI is InChI=1S/C19H18N2O4S2/c1-21-10-9-12-6-4-7-14(17(12)18(21)19(20)22)25-27(23,24)16-11-13-5-2-3-8-15(13)26-16/h2-8,11,18H,9-10H2,1H3,(H2,20,22). The van der Waals surface area contributed by atoms with Crippen molar-refractivity contribution in [2.45, 2.75) is 16.7 Å². The van der Waals surface area contributed by atoms with Crippen LogP contribution in [-0.2, 0) is 21.3 Å². The molecule has 1 atom stereocenters. The summed E-state index contributed by atoms with van der Waals surface area (Å²) in [7, 11) is -2.24. The molecule has 1 aliphatic heterocycles. The zero-order valence-corrected chi connectivity index (χ0v) is 16.2. The molecular formula is C19H18N2O4S2. The minimum atomic E-state index is -4.03. The lowest BCUT2D eigenvalue weighted by atomic mass is 9.92. The van der Waals surface area contributed by atoms with E-state index in [0.717, 1.165) is 27.0 Å². The Balaban J connectivity index is 1.77. The van der Waals surface area contributed by atoms with Crippen LogP contribution >= 0.6 is 11.3 Å². The number of benzene rings is 2. The van der Waals surface area contributed by atoms with Crippen LogP contribution < -0.4 is 9.92 Å². The topological polar surface area (TPSA) is 89.7 Å². The quantitative estimate of drug-likeness (QED) is 0.678. The first-order valence-corrected chi connectivity index (χ1v) is 10.6. The highest BCUT2D eigenvalue weighted by atomic mass is 32.3. The molecule has 27 heavy (non-hydrogen) atoms. The van der Waals surface area contributed by atoms with Crippen LogP contribution in [0.25, 0.3) is 10.1 Å². The number of rotatable bonds is 4. The van der Waals surface area contributed by atoms with Gasteiger partial charge in [0.2, 0.25) is 5.91 Å². The lowest BCUT2D eigenvalue weighted by Gasteiger charge is -2.33. The van der Waals surface area contributed by atoms with Crippen molar-refractivity contribution in [1.29, 1.82) is 0 Å². The molecule has 2 aromatic carbocycles. The number of hydrogen-bond acceptors (Lipinski definition) is 6. The summed E-state index contributed by atoms with van der Waals surface area (Å²) in [6.07, 6.45) is 0.690. The second-order valence-electron chi connectivity index (χ2n) is 6.51. The molecule has 140 valence electrons. The van der Waals surface area contributed by atoms with Gasteiger partial charge < -0.3 is 9.92 Å². The van der Waals surface area contributed by atoms with E-state index in [9.17, 15) is 13.2 Å². The van der Waals surface area contributed by atoms with E-state index < -0.39 is 22.1 Å². The molecule has 1 amide bonds. The van der Waals surface area contributed by atoms with E-state index in [0.29, 0.717) is 18.5 Å². The van der Waals surface area contributed by atoms with Gasteiger partial charge in [0.05, 0.1) is 0 Å². The fraction of sp³-hybridized carbons (Fsp3) is 0.211. The predicted molar refractivity (Wildman–Crippen MR) is 104 cm³/mol. The molecule has 2 heterocycles. The summed E-state index contributed by atoms with van der Waals surface area (Å²) in [4.78, 5) is 13.8. The van der Waals surface area contributed by atoms with Crippen molar-refractivity contribution in [3.05, 3.63) is 59.7 Å². The summed E-state index contributed by atoms with van der Waals surface area (Å²) in [6, 6.07) is 13.5. The van der Waals surface area contributed by atoms with E-state index in [2.05, 4.69) is 0 Å². The van der Waals surface area contributed by atoms with Crippen LogP contribution in [0.15, 0.2) is 52.7 Å². The highest BCUT2D eigenvalue weighted by Gasteiger charge is 2.33. The lowest BCUT2D eigenvalue weighted by molar-refractivity contribution is -0.123. The first-order chi connectivity index (χ1) is 12.9. The molecule has 0 aliphatic carbocycles. The molecular weight excluding hydrogens is 384 g/mol. The van der Waals surface area contributed by atoms with Gasteiger partial charge in [-0.2, -0.15) is 8.42 Å². The molecule has 0 saturated heterocycles. The van der Waals surface area contributed by atoms with Crippen molar-refractivity contribution in [2.24, 2.45) is 5.73 Å².